The smallest absolute Gasteiger partial charge is 0.143 e. The molecular formula is C10H8BrNO. The lowest BCUT2D eigenvalue weighted by Gasteiger charge is -2.04. The summed E-state index contributed by atoms with van der Waals surface area (Å²) in [5.74, 6) is 0.863. The zero-order valence-electron chi connectivity index (χ0n) is 6.90. The van der Waals surface area contributed by atoms with Gasteiger partial charge in [0.25, 0.3) is 0 Å². The number of hydrogen-bond donors (Lipinski definition) is 0. The summed E-state index contributed by atoms with van der Waals surface area (Å²) >= 11 is 3.23. The van der Waals surface area contributed by atoms with Gasteiger partial charge in [0.15, 0.2) is 0 Å². The number of alkyl halides is 1. The summed E-state index contributed by atoms with van der Waals surface area (Å²) in [6.07, 6.45) is 1.75. The van der Waals surface area contributed by atoms with E-state index in [1.54, 1.807) is 6.20 Å². The number of para-hydroxylation sites is 1. The molecule has 0 amide bonds. The third-order valence-corrected chi connectivity index (χ3v) is 2.05. The van der Waals surface area contributed by atoms with Crippen molar-refractivity contribution in [3.63, 3.8) is 0 Å². The van der Waals surface area contributed by atoms with Gasteiger partial charge >= 0.3 is 0 Å². The second-order valence-electron chi connectivity index (χ2n) is 2.58. The third kappa shape index (κ3) is 1.65. The number of aromatic nitrogens is 1. The van der Waals surface area contributed by atoms with E-state index in [2.05, 4.69) is 20.9 Å². The van der Waals surface area contributed by atoms with Crippen LogP contribution in [0, 0.1) is 0 Å². The van der Waals surface area contributed by atoms with Crippen molar-refractivity contribution in [3.8, 4) is 5.75 Å². The van der Waals surface area contributed by atoms with Crippen LogP contribution in [0.5, 0.6) is 5.75 Å². The van der Waals surface area contributed by atoms with E-state index in [0.717, 1.165) is 16.7 Å². The Bertz CT molecular complexity index is 411. The van der Waals surface area contributed by atoms with Crippen LogP contribution < -0.4 is 4.74 Å². The van der Waals surface area contributed by atoms with Gasteiger partial charge in [-0.1, -0.05) is 12.1 Å². The Balaban J connectivity index is 2.61. The molecule has 0 fully saturated rings. The predicted molar refractivity (Wildman–Crippen MR) is 56.2 cm³/mol. The normalized spacial score (nSPS) is 10.2. The molecule has 1 heterocycles. The number of ether oxygens (including phenoxy) is 1. The van der Waals surface area contributed by atoms with Crippen molar-refractivity contribution in [1.82, 2.24) is 4.98 Å². The Hall–Kier alpha value is -1.09. The van der Waals surface area contributed by atoms with Crippen LogP contribution in [0.4, 0.5) is 0 Å². The molecule has 2 rings (SSSR count). The van der Waals surface area contributed by atoms with E-state index in [1.807, 2.05) is 30.3 Å². The predicted octanol–water partition coefficient (Wildman–Crippen LogP) is 2.97. The highest BCUT2D eigenvalue weighted by Gasteiger charge is 1.99. The number of rotatable bonds is 2. The molecular weight excluding hydrogens is 230 g/mol. The summed E-state index contributed by atoms with van der Waals surface area (Å²) < 4.78 is 5.40. The van der Waals surface area contributed by atoms with E-state index < -0.39 is 0 Å². The van der Waals surface area contributed by atoms with Gasteiger partial charge in [-0.2, -0.15) is 0 Å². The van der Waals surface area contributed by atoms with E-state index in [-0.39, 0.29) is 0 Å². The summed E-state index contributed by atoms with van der Waals surface area (Å²) in [5.41, 5.74) is 1.46. The molecule has 0 aliphatic rings. The molecule has 0 radical (unpaired) electrons. The minimum atomic E-state index is 0.501. The quantitative estimate of drug-likeness (QED) is 0.750. The Morgan fingerprint density at radius 3 is 2.92 bits per heavy atom. The molecule has 0 aliphatic heterocycles. The van der Waals surface area contributed by atoms with Crippen LogP contribution in [0.15, 0.2) is 36.5 Å². The first-order chi connectivity index (χ1) is 6.42. The summed E-state index contributed by atoms with van der Waals surface area (Å²) in [4.78, 5) is 4.23. The number of pyridine rings is 1. The van der Waals surface area contributed by atoms with Gasteiger partial charge in [-0.25, -0.2) is 0 Å². The fourth-order valence-corrected chi connectivity index (χ4v) is 1.50. The molecule has 1 aromatic carbocycles. The Labute approximate surface area is 84.7 Å². The molecule has 0 spiro atoms. The van der Waals surface area contributed by atoms with E-state index in [9.17, 15) is 0 Å². The van der Waals surface area contributed by atoms with Crippen molar-refractivity contribution in [2.75, 3.05) is 5.52 Å². The topological polar surface area (TPSA) is 22.1 Å². The molecule has 0 aliphatic carbocycles. The molecule has 13 heavy (non-hydrogen) atoms. The standard InChI is InChI=1S/C10H8BrNO/c11-7-13-10-5-6-12-9-4-2-1-3-8(9)10/h1-6H,7H2. The fourth-order valence-electron chi connectivity index (χ4n) is 1.25. The van der Waals surface area contributed by atoms with Crippen LogP contribution in [0.25, 0.3) is 10.9 Å². The van der Waals surface area contributed by atoms with Gasteiger partial charge in [0.1, 0.15) is 11.3 Å². The van der Waals surface area contributed by atoms with Gasteiger partial charge in [0, 0.05) is 11.6 Å². The molecule has 3 heteroatoms. The lowest BCUT2D eigenvalue weighted by molar-refractivity contribution is 0.402. The van der Waals surface area contributed by atoms with Gasteiger partial charge in [-0.3, -0.25) is 4.98 Å². The fraction of sp³-hybridized carbons (Fsp3) is 0.100. The average Bonchev–Trinajstić information content (AvgIpc) is 2.19. The minimum absolute atomic E-state index is 0.501. The second-order valence-corrected chi connectivity index (χ2v) is 3.04. The van der Waals surface area contributed by atoms with Gasteiger partial charge < -0.3 is 4.74 Å². The van der Waals surface area contributed by atoms with Crippen LogP contribution in [-0.4, -0.2) is 10.5 Å². The number of nitrogens with zero attached hydrogens (tertiary/aromatic N) is 1. The Morgan fingerprint density at radius 1 is 1.23 bits per heavy atom. The van der Waals surface area contributed by atoms with Gasteiger partial charge in [0.05, 0.1) is 5.52 Å². The van der Waals surface area contributed by atoms with Gasteiger partial charge in [0.2, 0.25) is 0 Å². The van der Waals surface area contributed by atoms with Crippen molar-refractivity contribution in [2.45, 2.75) is 0 Å². The average molecular weight is 238 g/mol. The molecule has 2 nitrogen and oxygen atoms in total. The molecule has 0 unspecified atom stereocenters. The first-order valence-corrected chi connectivity index (χ1v) is 5.06. The molecule has 0 N–H and O–H groups in total. The summed E-state index contributed by atoms with van der Waals surface area (Å²) in [6.45, 7) is 0. The number of fused-ring (bicyclic) bond motifs is 1. The number of halogens is 1. The zero-order valence-corrected chi connectivity index (χ0v) is 8.49. The highest BCUT2D eigenvalue weighted by atomic mass is 79.9. The van der Waals surface area contributed by atoms with Crippen LogP contribution in [-0.2, 0) is 0 Å². The highest BCUT2D eigenvalue weighted by molar-refractivity contribution is 9.09. The Kier molecular flexibility index (Phi) is 2.45. The van der Waals surface area contributed by atoms with Crippen LogP contribution >= 0.6 is 15.9 Å². The molecule has 66 valence electrons. The van der Waals surface area contributed by atoms with Crippen LogP contribution in [0.1, 0.15) is 0 Å². The minimum Gasteiger partial charge on any atom is -0.482 e. The van der Waals surface area contributed by atoms with Crippen LogP contribution in [0.2, 0.25) is 0 Å². The lowest BCUT2D eigenvalue weighted by Crippen LogP contribution is -1.90. The highest BCUT2D eigenvalue weighted by Crippen LogP contribution is 2.23. The lowest BCUT2D eigenvalue weighted by atomic mass is 10.2. The molecule has 0 saturated heterocycles. The first kappa shape index (κ1) is 8.51. The van der Waals surface area contributed by atoms with E-state index >= 15 is 0 Å². The third-order valence-electron chi connectivity index (χ3n) is 1.82. The van der Waals surface area contributed by atoms with Crippen LogP contribution in [0.3, 0.4) is 0 Å². The van der Waals surface area contributed by atoms with E-state index in [4.69, 9.17) is 4.74 Å². The maximum Gasteiger partial charge on any atom is 0.143 e. The molecule has 1 aromatic heterocycles. The van der Waals surface area contributed by atoms with Gasteiger partial charge in [-0.15, -0.1) is 0 Å². The van der Waals surface area contributed by atoms with Crippen molar-refractivity contribution in [3.05, 3.63) is 36.5 Å². The molecule has 0 saturated carbocycles. The first-order valence-electron chi connectivity index (χ1n) is 3.94. The SMILES string of the molecule is BrCOc1ccnc2ccccc12. The Morgan fingerprint density at radius 2 is 2.08 bits per heavy atom. The maximum absolute atomic E-state index is 5.40. The van der Waals surface area contributed by atoms with E-state index in [0.29, 0.717) is 5.52 Å². The van der Waals surface area contributed by atoms with Crippen molar-refractivity contribution in [1.29, 1.82) is 0 Å². The number of hydrogen-bond acceptors (Lipinski definition) is 2. The molecule has 2 aromatic rings. The summed E-state index contributed by atoms with van der Waals surface area (Å²) in [5, 5.41) is 1.05. The largest absolute Gasteiger partial charge is 0.482 e. The maximum atomic E-state index is 5.40. The second kappa shape index (κ2) is 3.75. The zero-order chi connectivity index (χ0) is 9.10. The van der Waals surface area contributed by atoms with Crippen molar-refractivity contribution >= 4 is 26.8 Å². The molecule has 0 bridgehead atoms. The van der Waals surface area contributed by atoms with Crippen molar-refractivity contribution in [2.24, 2.45) is 0 Å². The summed E-state index contributed by atoms with van der Waals surface area (Å²) in [6, 6.07) is 9.78. The van der Waals surface area contributed by atoms with E-state index in [1.165, 1.54) is 0 Å². The summed E-state index contributed by atoms with van der Waals surface area (Å²) in [7, 11) is 0. The van der Waals surface area contributed by atoms with Crippen molar-refractivity contribution < 1.29 is 4.74 Å². The monoisotopic (exact) mass is 237 g/mol. The molecule has 0 atom stereocenters. The number of benzene rings is 1. The van der Waals surface area contributed by atoms with Gasteiger partial charge in [-0.05, 0) is 34.1 Å².